The highest BCUT2D eigenvalue weighted by atomic mass is 32.2. The highest BCUT2D eigenvalue weighted by Crippen LogP contribution is 2.26. The molecule has 0 unspecified atom stereocenters. The Bertz CT molecular complexity index is 1160. The molecular weight excluding hydrogens is 388 g/mol. The van der Waals surface area contributed by atoms with Crippen LogP contribution in [0.4, 0.5) is 0 Å². The van der Waals surface area contributed by atoms with E-state index in [0.29, 0.717) is 11.2 Å². The molecule has 28 heavy (non-hydrogen) atoms. The van der Waals surface area contributed by atoms with E-state index in [-0.39, 0.29) is 5.56 Å². The van der Waals surface area contributed by atoms with Gasteiger partial charge >= 0.3 is 0 Å². The van der Waals surface area contributed by atoms with E-state index in [2.05, 4.69) is 19.1 Å². The van der Waals surface area contributed by atoms with Crippen molar-refractivity contribution >= 4 is 33.3 Å². The van der Waals surface area contributed by atoms with E-state index < -0.39 is 0 Å². The number of methoxy groups -OCH3 is 1. The third kappa shape index (κ3) is 3.84. The van der Waals surface area contributed by atoms with Gasteiger partial charge in [0.15, 0.2) is 5.16 Å². The standard InChI is InChI=1S/C22H20N2O2S2/c1-15-5-3-4-6-17(15)14-28-22-23-19-11-12-27-20(19)21(25)24(22)13-16-7-9-18(26-2)10-8-16/h3-12H,13-14H2,1-2H3. The topological polar surface area (TPSA) is 44.1 Å². The highest BCUT2D eigenvalue weighted by molar-refractivity contribution is 7.98. The summed E-state index contributed by atoms with van der Waals surface area (Å²) >= 11 is 3.05. The second-order valence-electron chi connectivity index (χ2n) is 6.48. The second-order valence-corrected chi connectivity index (χ2v) is 8.34. The van der Waals surface area contributed by atoms with Crippen molar-refractivity contribution in [2.45, 2.75) is 24.4 Å². The van der Waals surface area contributed by atoms with Crippen molar-refractivity contribution < 1.29 is 4.74 Å². The monoisotopic (exact) mass is 408 g/mol. The van der Waals surface area contributed by atoms with Gasteiger partial charge in [0, 0.05) is 5.75 Å². The molecule has 0 bridgehead atoms. The summed E-state index contributed by atoms with van der Waals surface area (Å²) < 4.78 is 7.71. The highest BCUT2D eigenvalue weighted by Gasteiger charge is 2.14. The van der Waals surface area contributed by atoms with Gasteiger partial charge in [-0.2, -0.15) is 0 Å². The molecule has 0 aliphatic carbocycles. The number of aromatic nitrogens is 2. The Morgan fingerprint density at radius 2 is 1.89 bits per heavy atom. The molecule has 2 heterocycles. The van der Waals surface area contributed by atoms with Gasteiger partial charge in [-0.25, -0.2) is 4.98 Å². The number of thiophene rings is 1. The molecule has 0 aliphatic heterocycles. The van der Waals surface area contributed by atoms with Crippen molar-refractivity contribution in [3.63, 3.8) is 0 Å². The van der Waals surface area contributed by atoms with E-state index >= 15 is 0 Å². The summed E-state index contributed by atoms with van der Waals surface area (Å²) in [5, 5.41) is 2.67. The summed E-state index contributed by atoms with van der Waals surface area (Å²) in [6.07, 6.45) is 0. The Morgan fingerprint density at radius 1 is 1.11 bits per heavy atom. The average molecular weight is 409 g/mol. The molecule has 0 aliphatic rings. The maximum absolute atomic E-state index is 13.1. The van der Waals surface area contributed by atoms with E-state index in [0.717, 1.165) is 27.7 Å². The molecule has 0 spiro atoms. The van der Waals surface area contributed by atoms with Crippen molar-refractivity contribution in [2.75, 3.05) is 7.11 Å². The van der Waals surface area contributed by atoms with Crippen LogP contribution < -0.4 is 10.3 Å². The van der Waals surface area contributed by atoms with Crippen LogP contribution in [-0.2, 0) is 12.3 Å². The lowest BCUT2D eigenvalue weighted by Crippen LogP contribution is -2.23. The Kier molecular flexibility index (Phi) is 5.50. The van der Waals surface area contributed by atoms with E-state index in [1.165, 1.54) is 22.5 Å². The van der Waals surface area contributed by atoms with Gasteiger partial charge in [0.1, 0.15) is 10.4 Å². The number of nitrogens with zero attached hydrogens (tertiary/aromatic N) is 2. The summed E-state index contributed by atoms with van der Waals surface area (Å²) in [5.41, 5.74) is 4.33. The summed E-state index contributed by atoms with van der Waals surface area (Å²) in [5.74, 6) is 1.58. The van der Waals surface area contributed by atoms with E-state index in [4.69, 9.17) is 9.72 Å². The summed E-state index contributed by atoms with van der Waals surface area (Å²) in [7, 11) is 1.65. The van der Waals surface area contributed by atoms with Gasteiger partial charge < -0.3 is 4.74 Å². The lowest BCUT2D eigenvalue weighted by molar-refractivity contribution is 0.414. The predicted molar refractivity (Wildman–Crippen MR) is 117 cm³/mol. The minimum absolute atomic E-state index is 0.0168. The first-order chi connectivity index (χ1) is 13.7. The Balaban J connectivity index is 1.70. The zero-order valence-corrected chi connectivity index (χ0v) is 17.3. The summed E-state index contributed by atoms with van der Waals surface area (Å²) in [6.45, 7) is 2.59. The smallest absolute Gasteiger partial charge is 0.272 e. The molecule has 2 aromatic heterocycles. The van der Waals surface area contributed by atoms with Crippen molar-refractivity contribution in [1.29, 1.82) is 0 Å². The third-order valence-corrected chi connectivity index (χ3v) is 6.57. The first-order valence-electron chi connectivity index (χ1n) is 8.94. The molecule has 0 N–H and O–H groups in total. The number of ether oxygens (including phenoxy) is 1. The van der Waals surface area contributed by atoms with Gasteiger partial charge in [-0.3, -0.25) is 9.36 Å². The predicted octanol–water partition coefficient (Wildman–Crippen LogP) is 5.12. The van der Waals surface area contributed by atoms with Crippen LogP contribution in [0.25, 0.3) is 10.2 Å². The normalized spacial score (nSPS) is 11.1. The SMILES string of the molecule is COc1ccc(Cn2c(SCc3ccccc3C)nc3ccsc3c2=O)cc1. The van der Waals surface area contributed by atoms with Gasteiger partial charge in [0.25, 0.3) is 5.56 Å². The van der Waals surface area contributed by atoms with Gasteiger partial charge in [0.2, 0.25) is 0 Å². The van der Waals surface area contributed by atoms with E-state index in [1.54, 1.807) is 23.4 Å². The molecule has 4 aromatic rings. The fraction of sp³-hybridized carbons (Fsp3) is 0.182. The zero-order valence-electron chi connectivity index (χ0n) is 15.7. The lowest BCUT2D eigenvalue weighted by Gasteiger charge is -2.13. The molecule has 0 fully saturated rings. The Hall–Kier alpha value is -2.57. The quantitative estimate of drug-likeness (QED) is 0.328. The van der Waals surface area contributed by atoms with Crippen LogP contribution in [0.15, 0.2) is 69.9 Å². The maximum Gasteiger partial charge on any atom is 0.272 e. The fourth-order valence-electron chi connectivity index (χ4n) is 3.00. The van der Waals surface area contributed by atoms with Crippen LogP contribution in [-0.4, -0.2) is 16.7 Å². The fourth-order valence-corrected chi connectivity index (χ4v) is 4.85. The first kappa shape index (κ1) is 18.8. The van der Waals surface area contributed by atoms with Crippen LogP contribution in [0.5, 0.6) is 5.75 Å². The van der Waals surface area contributed by atoms with Gasteiger partial charge in [-0.05, 0) is 47.2 Å². The summed E-state index contributed by atoms with van der Waals surface area (Å²) in [6, 6.07) is 18.0. The van der Waals surface area contributed by atoms with Crippen molar-refractivity contribution in [1.82, 2.24) is 9.55 Å². The van der Waals surface area contributed by atoms with Crippen molar-refractivity contribution in [3.8, 4) is 5.75 Å². The van der Waals surface area contributed by atoms with Crippen molar-refractivity contribution in [3.05, 3.63) is 87.0 Å². The van der Waals surface area contributed by atoms with Crippen LogP contribution in [0.3, 0.4) is 0 Å². The number of benzene rings is 2. The number of hydrogen-bond donors (Lipinski definition) is 0. The number of aryl methyl sites for hydroxylation is 1. The van der Waals surface area contributed by atoms with E-state index in [1.807, 2.05) is 47.8 Å². The molecule has 6 heteroatoms. The van der Waals surface area contributed by atoms with Crippen LogP contribution >= 0.6 is 23.1 Å². The minimum Gasteiger partial charge on any atom is -0.497 e. The van der Waals surface area contributed by atoms with E-state index in [9.17, 15) is 4.79 Å². The zero-order chi connectivity index (χ0) is 19.5. The van der Waals surface area contributed by atoms with Gasteiger partial charge in [0.05, 0.1) is 19.2 Å². The van der Waals surface area contributed by atoms with Gasteiger partial charge in [-0.15, -0.1) is 11.3 Å². The number of rotatable bonds is 6. The second kappa shape index (κ2) is 8.20. The minimum atomic E-state index is 0.0168. The Morgan fingerprint density at radius 3 is 2.64 bits per heavy atom. The number of fused-ring (bicyclic) bond motifs is 1. The molecule has 2 aromatic carbocycles. The van der Waals surface area contributed by atoms with Crippen LogP contribution in [0.2, 0.25) is 0 Å². The molecule has 142 valence electrons. The number of hydrogen-bond acceptors (Lipinski definition) is 5. The van der Waals surface area contributed by atoms with Gasteiger partial charge in [-0.1, -0.05) is 48.2 Å². The molecular formula is C22H20N2O2S2. The van der Waals surface area contributed by atoms with Crippen molar-refractivity contribution in [2.24, 2.45) is 0 Å². The largest absolute Gasteiger partial charge is 0.497 e. The molecule has 0 saturated heterocycles. The molecule has 0 atom stereocenters. The molecule has 0 saturated carbocycles. The summed E-state index contributed by atoms with van der Waals surface area (Å²) in [4.78, 5) is 17.9. The van der Waals surface area contributed by atoms with Crippen LogP contribution in [0, 0.1) is 6.92 Å². The first-order valence-corrected chi connectivity index (χ1v) is 10.8. The molecule has 4 rings (SSSR count). The molecule has 0 amide bonds. The third-order valence-electron chi connectivity index (χ3n) is 4.65. The molecule has 4 nitrogen and oxygen atoms in total. The average Bonchev–Trinajstić information content (AvgIpc) is 3.19. The van der Waals surface area contributed by atoms with Crippen LogP contribution in [0.1, 0.15) is 16.7 Å². The Labute approximate surface area is 171 Å². The number of thioether (sulfide) groups is 1. The molecule has 0 radical (unpaired) electrons. The maximum atomic E-state index is 13.1. The lowest BCUT2D eigenvalue weighted by atomic mass is 10.1.